The molecule has 3 heteroatoms. The van der Waals surface area contributed by atoms with Gasteiger partial charge in [-0.15, -0.1) is 0 Å². The fourth-order valence-corrected chi connectivity index (χ4v) is 2.89. The molecule has 1 aromatic heterocycles. The van der Waals surface area contributed by atoms with Crippen molar-refractivity contribution in [2.45, 2.75) is 25.7 Å². The molecular weight excluding hydrogens is 244 g/mol. The number of benzene rings is 1. The maximum atomic E-state index is 6.06. The van der Waals surface area contributed by atoms with Crippen molar-refractivity contribution in [1.29, 1.82) is 0 Å². The Bertz CT molecular complexity index is 593. The number of nitrogens with zero attached hydrogens (tertiary/aromatic N) is 1. The standard InChI is InChI=1S/C15H16ClN2/c1-2-17-15-11-5-3-4-6-13(11)18-14-9-10(16)7-8-12(14)15/h7-9H,1-6H2,(H,17,18). The fraction of sp³-hybridized carbons (Fsp3) is 0.333. The SMILES string of the molecule is [CH2]CNc1c2c(nc3cc(Cl)ccc13)CCCC2. The number of aromatic nitrogens is 1. The molecule has 0 fully saturated rings. The summed E-state index contributed by atoms with van der Waals surface area (Å²) in [5.74, 6) is 0. The number of hydrogen-bond acceptors (Lipinski definition) is 2. The molecule has 0 atom stereocenters. The minimum atomic E-state index is 0.689. The molecule has 0 unspecified atom stereocenters. The highest BCUT2D eigenvalue weighted by Crippen LogP contribution is 2.34. The van der Waals surface area contributed by atoms with E-state index in [1.165, 1.54) is 29.8 Å². The Morgan fingerprint density at radius 3 is 2.94 bits per heavy atom. The van der Waals surface area contributed by atoms with Crippen molar-refractivity contribution in [3.8, 4) is 0 Å². The highest BCUT2D eigenvalue weighted by Gasteiger charge is 2.17. The highest BCUT2D eigenvalue weighted by molar-refractivity contribution is 6.31. The van der Waals surface area contributed by atoms with Crippen LogP contribution in [0.15, 0.2) is 18.2 Å². The maximum absolute atomic E-state index is 6.06. The Morgan fingerprint density at radius 1 is 1.28 bits per heavy atom. The second-order valence-electron chi connectivity index (χ2n) is 4.71. The van der Waals surface area contributed by atoms with E-state index in [-0.39, 0.29) is 0 Å². The van der Waals surface area contributed by atoms with Crippen LogP contribution in [-0.2, 0) is 12.8 Å². The molecule has 18 heavy (non-hydrogen) atoms. The van der Waals surface area contributed by atoms with Crippen LogP contribution in [0.3, 0.4) is 0 Å². The molecule has 0 bridgehead atoms. The van der Waals surface area contributed by atoms with Gasteiger partial charge < -0.3 is 5.32 Å². The summed E-state index contributed by atoms with van der Waals surface area (Å²) in [6.07, 6.45) is 4.67. The van der Waals surface area contributed by atoms with Crippen molar-refractivity contribution in [3.05, 3.63) is 41.4 Å². The van der Waals surface area contributed by atoms with Gasteiger partial charge in [-0.2, -0.15) is 0 Å². The monoisotopic (exact) mass is 259 g/mol. The number of hydrogen-bond donors (Lipinski definition) is 1. The van der Waals surface area contributed by atoms with Gasteiger partial charge in [0.2, 0.25) is 0 Å². The number of rotatable bonds is 2. The van der Waals surface area contributed by atoms with Crippen molar-refractivity contribution in [3.63, 3.8) is 0 Å². The van der Waals surface area contributed by atoms with E-state index in [0.717, 1.165) is 28.8 Å². The molecular formula is C15H16ClN2. The number of fused-ring (bicyclic) bond motifs is 2. The van der Waals surface area contributed by atoms with Crippen molar-refractivity contribution in [1.82, 2.24) is 4.98 Å². The first kappa shape index (κ1) is 11.8. The van der Waals surface area contributed by atoms with Crippen LogP contribution in [-0.4, -0.2) is 11.5 Å². The molecule has 1 radical (unpaired) electrons. The van der Waals surface area contributed by atoms with Gasteiger partial charge in [-0.1, -0.05) is 11.6 Å². The van der Waals surface area contributed by atoms with Crippen molar-refractivity contribution in [2.75, 3.05) is 11.9 Å². The topological polar surface area (TPSA) is 24.9 Å². The fourth-order valence-electron chi connectivity index (χ4n) is 2.73. The molecule has 1 aromatic carbocycles. The van der Waals surface area contributed by atoms with Gasteiger partial charge in [0.1, 0.15) is 0 Å². The zero-order chi connectivity index (χ0) is 12.5. The van der Waals surface area contributed by atoms with Crippen LogP contribution in [0.5, 0.6) is 0 Å². The zero-order valence-corrected chi connectivity index (χ0v) is 11.1. The summed E-state index contributed by atoms with van der Waals surface area (Å²) in [7, 11) is 0. The maximum Gasteiger partial charge on any atom is 0.0741 e. The van der Waals surface area contributed by atoms with Gasteiger partial charge in [0.05, 0.1) is 5.52 Å². The number of halogens is 1. The minimum absolute atomic E-state index is 0.689. The number of aryl methyl sites for hydroxylation is 1. The van der Waals surface area contributed by atoms with Gasteiger partial charge in [0.15, 0.2) is 0 Å². The van der Waals surface area contributed by atoms with Crippen LogP contribution in [0, 0.1) is 6.92 Å². The molecule has 0 saturated carbocycles. The molecule has 0 saturated heterocycles. The smallest absolute Gasteiger partial charge is 0.0741 e. The van der Waals surface area contributed by atoms with E-state index in [0.29, 0.717) is 6.54 Å². The van der Waals surface area contributed by atoms with Gasteiger partial charge in [0, 0.05) is 28.3 Å². The van der Waals surface area contributed by atoms with Crippen molar-refractivity contribution in [2.24, 2.45) is 0 Å². The Balaban J connectivity index is 2.29. The average molecular weight is 260 g/mol. The van der Waals surface area contributed by atoms with Crippen LogP contribution in [0.1, 0.15) is 24.1 Å². The number of anilines is 1. The van der Waals surface area contributed by atoms with Gasteiger partial charge in [0.25, 0.3) is 0 Å². The van der Waals surface area contributed by atoms with Crippen LogP contribution >= 0.6 is 11.6 Å². The highest BCUT2D eigenvalue weighted by atomic mass is 35.5. The lowest BCUT2D eigenvalue weighted by Crippen LogP contribution is -2.11. The van der Waals surface area contributed by atoms with Gasteiger partial charge >= 0.3 is 0 Å². The average Bonchev–Trinajstić information content (AvgIpc) is 2.38. The number of pyridine rings is 1. The Kier molecular flexibility index (Phi) is 3.13. The molecule has 2 nitrogen and oxygen atoms in total. The molecule has 0 amide bonds. The molecule has 1 heterocycles. The second-order valence-corrected chi connectivity index (χ2v) is 5.14. The summed E-state index contributed by atoms with van der Waals surface area (Å²) in [6, 6.07) is 5.92. The molecule has 0 aliphatic heterocycles. The Labute approximate surface area is 112 Å². The lowest BCUT2D eigenvalue weighted by Gasteiger charge is -2.21. The predicted molar refractivity (Wildman–Crippen MR) is 77.2 cm³/mol. The molecule has 1 aliphatic rings. The largest absolute Gasteiger partial charge is 0.384 e. The molecule has 2 aromatic rings. The Hall–Kier alpha value is -1.28. The normalized spacial score (nSPS) is 14.6. The van der Waals surface area contributed by atoms with Gasteiger partial charge in [-0.3, -0.25) is 4.98 Å². The number of nitrogens with one attached hydrogen (secondary N) is 1. The van der Waals surface area contributed by atoms with Crippen LogP contribution < -0.4 is 5.32 Å². The van der Waals surface area contributed by atoms with Crippen LogP contribution in [0.25, 0.3) is 10.9 Å². The van der Waals surface area contributed by atoms with Crippen LogP contribution in [0.2, 0.25) is 5.02 Å². The minimum Gasteiger partial charge on any atom is -0.384 e. The van der Waals surface area contributed by atoms with E-state index in [9.17, 15) is 0 Å². The molecule has 0 spiro atoms. The lowest BCUT2D eigenvalue weighted by atomic mass is 9.92. The zero-order valence-electron chi connectivity index (χ0n) is 10.3. The van der Waals surface area contributed by atoms with E-state index in [1.54, 1.807) is 0 Å². The molecule has 1 N–H and O–H groups in total. The van der Waals surface area contributed by atoms with E-state index in [4.69, 9.17) is 16.6 Å². The van der Waals surface area contributed by atoms with Gasteiger partial charge in [-0.25, -0.2) is 0 Å². The van der Waals surface area contributed by atoms with Crippen LogP contribution in [0.4, 0.5) is 5.69 Å². The third-order valence-electron chi connectivity index (χ3n) is 3.53. The summed E-state index contributed by atoms with van der Waals surface area (Å²) in [6.45, 7) is 4.59. The van der Waals surface area contributed by atoms with E-state index >= 15 is 0 Å². The van der Waals surface area contributed by atoms with E-state index < -0.39 is 0 Å². The molecule has 93 valence electrons. The summed E-state index contributed by atoms with van der Waals surface area (Å²) in [5, 5.41) is 5.30. The third-order valence-corrected chi connectivity index (χ3v) is 3.76. The van der Waals surface area contributed by atoms with Crippen molar-refractivity contribution < 1.29 is 0 Å². The first-order valence-electron chi connectivity index (χ1n) is 6.43. The quantitative estimate of drug-likeness (QED) is 0.881. The summed E-state index contributed by atoms with van der Waals surface area (Å²) >= 11 is 6.06. The van der Waals surface area contributed by atoms with E-state index in [1.807, 2.05) is 12.1 Å². The summed E-state index contributed by atoms with van der Waals surface area (Å²) in [4.78, 5) is 4.77. The van der Waals surface area contributed by atoms with Crippen molar-refractivity contribution >= 4 is 28.2 Å². The first-order chi connectivity index (χ1) is 8.79. The lowest BCUT2D eigenvalue weighted by molar-refractivity contribution is 0.672. The van der Waals surface area contributed by atoms with Gasteiger partial charge in [-0.05, 0) is 56.4 Å². The Morgan fingerprint density at radius 2 is 2.11 bits per heavy atom. The summed E-state index contributed by atoms with van der Waals surface area (Å²) < 4.78 is 0. The third kappa shape index (κ3) is 1.95. The summed E-state index contributed by atoms with van der Waals surface area (Å²) in [5.41, 5.74) is 4.80. The molecule has 1 aliphatic carbocycles. The predicted octanol–water partition coefficient (Wildman–Crippen LogP) is 4.01. The van der Waals surface area contributed by atoms with E-state index in [2.05, 4.69) is 18.3 Å². The molecule has 3 rings (SSSR count). The second kappa shape index (κ2) is 4.77. The first-order valence-corrected chi connectivity index (χ1v) is 6.81.